The summed E-state index contributed by atoms with van der Waals surface area (Å²) in [5.74, 6) is 1.78. The fourth-order valence-electron chi connectivity index (χ4n) is 5.59. The second-order valence-corrected chi connectivity index (χ2v) is 7.83. The molecule has 20 heavy (non-hydrogen) atoms. The van der Waals surface area contributed by atoms with Crippen molar-refractivity contribution in [2.24, 2.45) is 23.7 Å². The van der Waals surface area contributed by atoms with Crippen LogP contribution in [-0.2, 0) is 19.2 Å². The molecule has 4 nitrogen and oxygen atoms in total. The van der Waals surface area contributed by atoms with Crippen molar-refractivity contribution in [1.82, 2.24) is 0 Å². The van der Waals surface area contributed by atoms with Gasteiger partial charge in [-0.15, -0.1) is 0 Å². The van der Waals surface area contributed by atoms with E-state index in [-0.39, 0.29) is 11.9 Å². The summed E-state index contributed by atoms with van der Waals surface area (Å²) < 4.78 is 12.6. The normalized spacial score (nSPS) is 63.9. The quantitative estimate of drug-likeness (QED) is 0.639. The average Bonchev–Trinajstić information content (AvgIpc) is 2.62. The average molecular weight is 280 g/mol. The van der Waals surface area contributed by atoms with Crippen molar-refractivity contribution < 1.29 is 19.2 Å². The third kappa shape index (κ3) is 1.32. The second kappa shape index (κ2) is 3.78. The van der Waals surface area contributed by atoms with Crippen molar-refractivity contribution in [1.29, 1.82) is 0 Å². The van der Waals surface area contributed by atoms with Gasteiger partial charge in [-0.05, 0) is 56.8 Å². The van der Waals surface area contributed by atoms with Crippen LogP contribution in [0.3, 0.4) is 0 Å². The van der Waals surface area contributed by atoms with E-state index in [4.69, 9.17) is 19.2 Å². The highest BCUT2D eigenvalue weighted by molar-refractivity contribution is 5.12. The topological polar surface area (TPSA) is 36.9 Å². The summed E-state index contributed by atoms with van der Waals surface area (Å²) in [6.45, 7) is 4.36. The van der Waals surface area contributed by atoms with Crippen LogP contribution in [0.5, 0.6) is 0 Å². The molecule has 0 amide bonds. The Hall–Kier alpha value is -0.160. The maximum absolute atomic E-state index is 6.32. The van der Waals surface area contributed by atoms with Gasteiger partial charge in [-0.3, -0.25) is 0 Å². The number of hydrogen-bond acceptors (Lipinski definition) is 4. The zero-order valence-corrected chi connectivity index (χ0v) is 12.3. The molecule has 4 aliphatic heterocycles. The molecule has 6 fully saturated rings. The van der Waals surface area contributed by atoms with E-state index in [1.54, 1.807) is 0 Å². The summed E-state index contributed by atoms with van der Waals surface area (Å²) in [6.07, 6.45) is 7.24. The van der Waals surface area contributed by atoms with Crippen molar-refractivity contribution in [3.63, 3.8) is 0 Å². The molecule has 4 saturated heterocycles. The minimum atomic E-state index is -0.617. The van der Waals surface area contributed by atoms with Crippen LogP contribution in [-0.4, -0.2) is 23.8 Å². The molecule has 4 heterocycles. The summed E-state index contributed by atoms with van der Waals surface area (Å²) in [5.41, 5.74) is -0.338. The Labute approximate surface area is 120 Å². The molecule has 0 aromatic rings. The lowest BCUT2D eigenvalue weighted by atomic mass is 9.54. The zero-order valence-electron chi connectivity index (χ0n) is 12.3. The smallest absolute Gasteiger partial charge is 0.201 e. The van der Waals surface area contributed by atoms with Crippen LogP contribution in [0.2, 0.25) is 0 Å². The standard InChI is InChI=1S/C16H24O4/c1-9-3-5-12-10-4-6-13(10)17-14-16(12)11(9)7-8-15(2,18-14)19-20-16/h9-14H,3-8H2,1-2H3/t9-,10-,11?,12+,13-,14-,15?,16-/m1/s1. The number of hydrogen-bond donors (Lipinski definition) is 0. The minimum Gasteiger partial charge on any atom is -0.346 e. The molecular formula is C16H24O4. The summed E-state index contributed by atoms with van der Waals surface area (Å²) in [4.78, 5) is 11.9. The van der Waals surface area contributed by atoms with Crippen LogP contribution in [0, 0.1) is 23.7 Å². The van der Waals surface area contributed by atoms with Gasteiger partial charge in [0.1, 0.15) is 0 Å². The lowest BCUT2D eigenvalue weighted by Gasteiger charge is -2.63. The molecule has 6 aliphatic rings. The highest BCUT2D eigenvalue weighted by atomic mass is 17.3. The van der Waals surface area contributed by atoms with E-state index in [1.807, 2.05) is 6.92 Å². The zero-order chi connectivity index (χ0) is 13.5. The maximum Gasteiger partial charge on any atom is 0.201 e. The molecule has 1 spiro atoms. The van der Waals surface area contributed by atoms with E-state index in [1.165, 1.54) is 25.7 Å². The first-order chi connectivity index (χ1) is 9.62. The number of fused-ring (bicyclic) bond motifs is 4. The van der Waals surface area contributed by atoms with Gasteiger partial charge in [0.2, 0.25) is 5.79 Å². The third-order valence-corrected chi connectivity index (χ3v) is 6.85. The van der Waals surface area contributed by atoms with Crippen LogP contribution >= 0.6 is 0 Å². The van der Waals surface area contributed by atoms with Crippen molar-refractivity contribution in [2.45, 2.75) is 76.2 Å². The molecule has 112 valence electrons. The van der Waals surface area contributed by atoms with Crippen molar-refractivity contribution in [3.8, 4) is 0 Å². The van der Waals surface area contributed by atoms with E-state index >= 15 is 0 Å². The Morgan fingerprint density at radius 2 is 1.85 bits per heavy atom. The predicted octanol–water partition coefficient (Wildman–Crippen LogP) is 3.01. The van der Waals surface area contributed by atoms with E-state index in [2.05, 4.69) is 6.92 Å². The van der Waals surface area contributed by atoms with Crippen molar-refractivity contribution >= 4 is 0 Å². The Morgan fingerprint density at radius 3 is 2.65 bits per heavy atom. The van der Waals surface area contributed by atoms with Gasteiger partial charge in [-0.25, -0.2) is 9.78 Å². The van der Waals surface area contributed by atoms with Gasteiger partial charge in [0.05, 0.1) is 6.10 Å². The van der Waals surface area contributed by atoms with E-state index in [0.29, 0.717) is 29.8 Å². The number of rotatable bonds is 0. The van der Waals surface area contributed by atoms with Gasteiger partial charge in [-0.2, -0.15) is 0 Å². The largest absolute Gasteiger partial charge is 0.346 e. The first-order valence-electron chi connectivity index (χ1n) is 8.32. The SMILES string of the molecule is C[C@@H]1CC[C@H]2[C@H]3CC[C@H]3O[C@@H]3OC4(C)CCC1[C@]32OO4. The Morgan fingerprint density at radius 1 is 0.950 bits per heavy atom. The lowest BCUT2D eigenvalue weighted by molar-refractivity contribution is -0.574. The highest BCUT2D eigenvalue weighted by Gasteiger charge is 2.70. The molecule has 0 radical (unpaired) electrons. The van der Waals surface area contributed by atoms with Crippen molar-refractivity contribution in [3.05, 3.63) is 0 Å². The molecule has 8 atom stereocenters. The van der Waals surface area contributed by atoms with Gasteiger partial charge in [-0.1, -0.05) is 6.92 Å². The molecule has 2 bridgehead atoms. The molecule has 2 unspecified atom stereocenters. The molecule has 0 N–H and O–H groups in total. The van der Waals surface area contributed by atoms with Crippen LogP contribution < -0.4 is 0 Å². The fourth-order valence-corrected chi connectivity index (χ4v) is 5.59. The van der Waals surface area contributed by atoms with Gasteiger partial charge in [0.15, 0.2) is 11.9 Å². The fraction of sp³-hybridized carbons (Fsp3) is 1.00. The van der Waals surface area contributed by atoms with Gasteiger partial charge in [0, 0.05) is 12.3 Å². The second-order valence-electron chi connectivity index (χ2n) is 7.83. The van der Waals surface area contributed by atoms with E-state index < -0.39 is 5.79 Å². The summed E-state index contributed by atoms with van der Waals surface area (Å²) in [7, 11) is 0. The van der Waals surface area contributed by atoms with Gasteiger partial charge >= 0.3 is 0 Å². The summed E-state index contributed by atoms with van der Waals surface area (Å²) >= 11 is 0. The Bertz CT molecular complexity index is 436. The van der Waals surface area contributed by atoms with E-state index in [0.717, 1.165) is 12.8 Å². The molecule has 0 aromatic heterocycles. The first-order valence-corrected chi connectivity index (χ1v) is 8.32. The van der Waals surface area contributed by atoms with Crippen LogP contribution in [0.25, 0.3) is 0 Å². The third-order valence-electron chi connectivity index (χ3n) is 6.85. The van der Waals surface area contributed by atoms with Gasteiger partial charge < -0.3 is 9.47 Å². The molecular weight excluding hydrogens is 256 g/mol. The van der Waals surface area contributed by atoms with Crippen molar-refractivity contribution in [2.75, 3.05) is 0 Å². The predicted molar refractivity (Wildman–Crippen MR) is 70.4 cm³/mol. The summed E-state index contributed by atoms with van der Waals surface area (Å²) in [6, 6.07) is 0. The molecule has 2 aliphatic carbocycles. The summed E-state index contributed by atoms with van der Waals surface area (Å²) in [5, 5.41) is 0. The van der Waals surface area contributed by atoms with Crippen LogP contribution in [0.4, 0.5) is 0 Å². The maximum atomic E-state index is 6.32. The molecule has 2 saturated carbocycles. The lowest BCUT2D eigenvalue weighted by Crippen LogP contribution is -2.72. The van der Waals surface area contributed by atoms with Crippen LogP contribution in [0.15, 0.2) is 0 Å². The van der Waals surface area contributed by atoms with E-state index in [9.17, 15) is 0 Å². The highest BCUT2D eigenvalue weighted by Crippen LogP contribution is 2.63. The molecule has 4 heteroatoms. The molecule has 0 aromatic carbocycles. The minimum absolute atomic E-state index is 0.219. The first kappa shape index (κ1) is 12.4. The molecule has 6 rings (SSSR count). The van der Waals surface area contributed by atoms with Crippen LogP contribution in [0.1, 0.15) is 52.4 Å². The Kier molecular flexibility index (Phi) is 2.34. The number of ether oxygens (including phenoxy) is 2. The monoisotopic (exact) mass is 280 g/mol. The Balaban J connectivity index is 1.63. The van der Waals surface area contributed by atoms with Gasteiger partial charge in [0.25, 0.3) is 0 Å².